The molecule has 1 amide bonds. The van der Waals surface area contributed by atoms with Crippen molar-refractivity contribution in [2.45, 2.75) is 37.0 Å². The minimum Gasteiger partial charge on any atom is -0.469 e. The van der Waals surface area contributed by atoms with Crippen LogP contribution in [0.3, 0.4) is 0 Å². The smallest absolute Gasteiger partial charge is 0.307 e. The summed E-state index contributed by atoms with van der Waals surface area (Å²) in [7, 11) is 1.34. The maximum absolute atomic E-state index is 14.7. The van der Waals surface area contributed by atoms with E-state index in [1.165, 1.54) is 13.2 Å². The molecule has 11 heteroatoms. The van der Waals surface area contributed by atoms with Crippen LogP contribution in [-0.4, -0.2) is 90.5 Å². The number of rotatable bonds is 9. The first-order chi connectivity index (χ1) is 16.9. The van der Waals surface area contributed by atoms with Gasteiger partial charge in [0.05, 0.1) is 26.1 Å². The fraction of sp³-hybridized carbons (Fsp3) is 0.577. The monoisotopic (exact) mass is 575 g/mol. The van der Waals surface area contributed by atoms with Crippen molar-refractivity contribution in [3.05, 3.63) is 47.3 Å². The van der Waals surface area contributed by atoms with E-state index in [4.69, 9.17) is 12.6 Å². The number of carbonyl (C=O) groups is 3. The minimum atomic E-state index is -0.576. The molecule has 1 aliphatic carbocycles. The number of methoxy groups -OCH3 is 1. The summed E-state index contributed by atoms with van der Waals surface area (Å²) in [4.78, 5) is 43.0. The zero-order valence-corrected chi connectivity index (χ0v) is 23.5. The summed E-state index contributed by atoms with van der Waals surface area (Å²) in [5.74, 6) is -0.516. The van der Waals surface area contributed by atoms with E-state index in [1.807, 2.05) is 0 Å². The lowest BCUT2D eigenvalue weighted by Gasteiger charge is -2.38. The molecule has 2 aliphatic heterocycles. The average molecular weight is 577 g/mol. The number of piperazine rings is 1. The van der Waals surface area contributed by atoms with Crippen LogP contribution in [-0.2, 0) is 19.1 Å². The van der Waals surface area contributed by atoms with Crippen LogP contribution in [0.25, 0.3) is 0 Å². The van der Waals surface area contributed by atoms with Gasteiger partial charge in [0.2, 0.25) is 5.91 Å². The van der Waals surface area contributed by atoms with Crippen LogP contribution in [0.1, 0.15) is 37.3 Å². The molecule has 2 unspecified atom stereocenters. The molecule has 0 radical (unpaired) electrons. The molecule has 3 aliphatic rings. The number of nitrogens with zero attached hydrogens (tertiary/aromatic N) is 3. The van der Waals surface area contributed by atoms with E-state index in [0.717, 1.165) is 31.4 Å². The number of hydrogen-bond acceptors (Lipinski definition) is 7. The van der Waals surface area contributed by atoms with Gasteiger partial charge in [-0.1, -0.05) is 24.3 Å². The van der Waals surface area contributed by atoms with Crippen molar-refractivity contribution < 1.29 is 23.5 Å². The molecule has 37 heavy (non-hydrogen) atoms. The van der Waals surface area contributed by atoms with Crippen LogP contribution in [0.15, 0.2) is 35.9 Å². The number of carbonyl (C=O) groups excluding carboxylic acids is 3. The Labute approximate surface area is 236 Å². The maximum Gasteiger partial charge on any atom is 0.307 e. The first-order valence-corrected chi connectivity index (χ1v) is 12.8. The van der Waals surface area contributed by atoms with Gasteiger partial charge in [-0.25, -0.2) is 4.39 Å². The highest BCUT2D eigenvalue weighted by Crippen LogP contribution is 2.39. The fourth-order valence-corrected chi connectivity index (χ4v) is 5.16. The van der Waals surface area contributed by atoms with E-state index >= 15 is 0 Å². The molecule has 7 nitrogen and oxygen atoms in total. The normalized spacial score (nSPS) is 22.7. The number of piperidine rings is 1. The number of amides is 1. The first kappa shape index (κ1) is 31.6. The quantitative estimate of drug-likeness (QED) is 0.277. The summed E-state index contributed by atoms with van der Waals surface area (Å²) in [5.41, 5.74) is 1.56. The molecule has 0 spiro atoms. The molecule has 2 heterocycles. The number of Topliss-reactive ketones (excluding diaryl/α,β-unsaturated/α-hetero) is 1. The number of ketones is 1. The number of esters is 1. The lowest BCUT2D eigenvalue weighted by molar-refractivity contribution is -0.142. The third-order valence-corrected chi connectivity index (χ3v) is 7.73. The minimum absolute atomic E-state index is 0. The van der Waals surface area contributed by atoms with E-state index in [1.54, 1.807) is 23.1 Å². The molecule has 3 fully saturated rings. The second-order valence-corrected chi connectivity index (χ2v) is 10.2. The Bertz CT molecular complexity index is 994. The highest BCUT2D eigenvalue weighted by molar-refractivity contribution is 7.81. The summed E-state index contributed by atoms with van der Waals surface area (Å²) < 4.78 is 19.4. The highest BCUT2D eigenvalue weighted by atomic mass is 35.5. The molecule has 1 aromatic rings. The number of ether oxygens (including phenoxy) is 1. The Hall–Kier alpha value is -1.65. The van der Waals surface area contributed by atoms with Gasteiger partial charge in [-0.15, -0.1) is 24.8 Å². The third-order valence-electron chi connectivity index (χ3n) is 7.14. The van der Waals surface area contributed by atoms with Crippen molar-refractivity contribution >= 4 is 55.1 Å². The second-order valence-electron chi connectivity index (χ2n) is 9.60. The largest absolute Gasteiger partial charge is 0.469 e. The molecule has 0 N–H and O–H groups in total. The van der Waals surface area contributed by atoms with E-state index in [-0.39, 0.29) is 65.9 Å². The number of likely N-dealkylation sites (tertiary alicyclic amines) is 1. The van der Waals surface area contributed by atoms with Gasteiger partial charge in [0.1, 0.15) is 5.82 Å². The molecule has 2 atom stereocenters. The average Bonchev–Trinajstić information content (AvgIpc) is 3.70. The molecule has 1 aromatic carbocycles. The van der Waals surface area contributed by atoms with E-state index in [9.17, 15) is 18.8 Å². The summed E-state index contributed by atoms with van der Waals surface area (Å²) in [6.45, 7) is 3.80. The van der Waals surface area contributed by atoms with Crippen molar-refractivity contribution in [3.63, 3.8) is 0 Å². The van der Waals surface area contributed by atoms with Crippen LogP contribution in [0, 0.1) is 11.7 Å². The molecule has 2 saturated heterocycles. The van der Waals surface area contributed by atoms with Gasteiger partial charge >= 0.3 is 5.97 Å². The molecule has 0 aromatic heterocycles. The molecule has 0 bridgehead atoms. The SMILES string of the molecule is COC(=O)CCN1CCN(C/C=C2\CN(C(C(=O)C3CC3)c3ccccc3F)CCC2S)CC1=O.Cl.Cl. The molecular formula is C26H36Cl2FN3O4S. The fourth-order valence-electron chi connectivity index (χ4n) is 4.86. The Kier molecular flexibility index (Phi) is 12.4. The van der Waals surface area contributed by atoms with Gasteiger partial charge in [0.25, 0.3) is 0 Å². The van der Waals surface area contributed by atoms with Gasteiger partial charge in [-0.2, -0.15) is 12.6 Å². The van der Waals surface area contributed by atoms with Crippen molar-refractivity contribution in [1.82, 2.24) is 14.7 Å². The van der Waals surface area contributed by atoms with Crippen LogP contribution >= 0.6 is 37.4 Å². The topological polar surface area (TPSA) is 70.2 Å². The van der Waals surface area contributed by atoms with Crippen LogP contribution in [0.4, 0.5) is 4.39 Å². The summed E-state index contributed by atoms with van der Waals surface area (Å²) in [6, 6.07) is 6.01. The standard InChI is InChI=1S/C26H34FN3O4S.2ClH/c1-34-24(32)10-13-29-15-14-28(17-23(29)31)11-8-19-16-30(12-9-22(19)35)25(26(33)18-6-7-18)20-4-2-3-5-21(20)27;;/h2-5,8,18,22,25,35H,6-7,9-17H2,1H3;2*1H/b19-8+;;. The van der Waals surface area contributed by atoms with Crippen LogP contribution in [0.2, 0.25) is 0 Å². The molecule has 206 valence electrons. The summed E-state index contributed by atoms with van der Waals surface area (Å²) in [5, 5.41) is 0.0700. The number of benzene rings is 1. The Balaban J connectivity index is 0.00000241. The maximum atomic E-state index is 14.7. The number of hydrogen-bond donors (Lipinski definition) is 1. The van der Waals surface area contributed by atoms with Crippen LogP contribution in [0.5, 0.6) is 0 Å². The predicted octanol–water partition coefficient (Wildman–Crippen LogP) is 3.33. The zero-order valence-electron chi connectivity index (χ0n) is 21.0. The van der Waals surface area contributed by atoms with Gasteiger partial charge in [-0.3, -0.25) is 24.2 Å². The van der Waals surface area contributed by atoms with Crippen molar-refractivity contribution in [1.29, 1.82) is 0 Å². The second kappa shape index (κ2) is 14.5. The third kappa shape index (κ3) is 8.17. The Morgan fingerprint density at radius 2 is 1.86 bits per heavy atom. The van der Waals surface area contributed by atoms with Gasteiger partial charge in [0.15, 0.2) is 5.78 Å². The van der Waals surface area contributed by atoms with Gasteiger partial charge in [0, 0.05) is 56.0 Å². The van der Waals surface area contributed by atoms with Crippen molar-refractivity contribution in [2.24, 2.45) is 5.92 Å². The molecule has 4 rings (SSSR count). The summed E-state index contributed by atoms with van der Waals surface area (Å²) >= 11 is 4.77. The van der Waals surface area contributed by atoms with E-state index < -0.39 is 6.04 Å². The Morgan fingerprint density at radius 1 is 1.14 bits per heavy atom. The number of halogens is 3. The summed E-state index contributed by atoms with van der Waals surface area (Å²) in [6.07, 6.45) is 4.86. The van der Waals surface area contributed by atoms with Crippen molar-refractivity contribution in [3.8, 4) is 0 Å². The lowest BCUT2D eigenvalue weighted by Crippen LogP contribution is -2.50. The van der Waals surface area contributed by atoms with Gasteiger partial charge < -0.3 is 9.64 Å². The highest BCUT2D eigenvalue weighted by Gasteiger charge is 2.40. The van der Waals surface area contributed by atoms with Gasteiger partial charge in [-0.05, 0) is 30.9 Å². The first-order valence-electron chi connectivity index (χ1n) is 12.3. The predicted molar refractivity (Wildman–Crippen MR) is 148 cm³/mol. The number of thiol groups is 1. The Morgan fingerprint density at radius 3 is 2.51 bits per heavy atom. The van der Waals surface area contributed by atoms with Crippen molar-refractivity contribution in [2.75, 3.05) is 52.9 Å². The molecular weight excluding hydrogens is 540 g/mol. The van der Waals surface area contributed by atoms with Crippen LogP contribution < -0.4 is 0 Å². The lowest BCUT2D eigenvalue weighted by atomic mass is 9.93. The molecule has 1 saturated carbocycles. The van der Waals surface area contributed by atoms with E-state index in [2.05, 4.69) is 20.6 Å². The zero-order chi connectivity index (χ0) is 24.9. The van der Waals surface area contributed by atoms with E-state index in [0.29, 0.717) is 44.8 Å².